The summed E-state index contributed by atoms with van der Waals surface area (Å²) in [5.74, 6) is 2.37. The molecule has 4 heteroatoms. The molecule has 1 unspecified atom stereocenters. The summed E-state index contributed by atoms with van der Waals surface area (Å²) < 4.78 is 16.6. The first kappa shape index (κ1) is 18.9. The van der Waals surface area contributed by atoms with Crippen molar-refractivity contribution in [1.82, 2.24) is 4.90 Å². The van der Waals surface area contributed by atoms with Gasteiger partial charge in [-0.1, -0.05) is 12.5 Å². The smallest absolute Gasteiger partial charge is 0.161 e. The molecule has 1 aliphatic heterocycles. The van der Waals surface area contributed by atoms with E-state index in [0.717, 1.165) is 34.6 Å². The SMILES string of the molecule is COc1ccc2c(CN3CCCCC3C)cc3cc(OC)c(OC)cc3c2c1. The van der Waals surface area contributed by atoms with Gasteiger partial charge in [-0.05, 0) is 83.8 Å². The van der Waals surface area contributed by atoms with Crippen LogP contribution in [-0.2, 0) is 6.54 Å². The highest BCUT2D eigenvalue weighted by Crippen LogP contribution is 2.39. The minimum Gasteiger partial charge on any atom is -0.497 e. The molecule has 0 aromatic heterocycles. The number of likely N-dealkylation sites (tertiary alicyclic amines) is 1. The molecule has 0 radical (unpaired) electrons. The Balaban J connectivity index is 1.92. The monoisotopic (exact) mass is 379 g/mol. The summed E-state index contributed by atoms with van der Waals surface area (Å²) in [6.45, 7) is 4.48. The molecule has 1 saturated heterocycles. The lowest BCUT2D eigenvalue weighted by atomic mass is 9.95. The zero-order valence-corrected chi connectivity index (χ0v) is 17.2. The molecule has 28 heavy (non-hydrogen) atoms. The van der Waals surface area contributed by atoms with Gasteiger partial charge in [0.15, 0.2) is 11.5 Å². The van der Waals surface area contributed by atoms with Gasteiger partial charge in [-0.3, -0.25) is 4.90 Å². The Labute approximate surface area is 167 Å². The number of ether oxygens (including phenoxy) is 3. The number of hydrogen-bond acceptors (Lipinski definition) is 4. The highest BCUT2D eigenvalue weighted by atomic mass is 16.5. The molecule has 0 amide bonds. The van der Waals surface area contributed by atoms with Crippen LogP contribution >= 0.6 is 0 Å². The maximum absolute atomic E-state index is 5.55. The van der Waals surface area contributed by atoms with E-state index < -0.39 is 0 Å². The molecule has 0 bridgehead atoms. The average Bonchev–Trinajstić information content (AvgIpc) is 2.74. The van der Waals surface area contributed by atoms with Gasteiger partial charge >= 0.3 is 0 Å². The second-order valence-electron chi connectivity index (χ2n) is 7.69. The molecule has 148 valence electrons. The quantitative estimate of drug-likeness (QED) is 0.556. The highest BCUT2D eigenvalue weighted by molar-refractivity contribution is 6.10. The van der Waals surface area contributed by atoms with E-state index in [2.05, 4.69) is 48.2 Å². The zero-order chi connectivity index (χ0) is 19.7. The Morgan fingerprint density at radius 2 is 1.64 bits per heavy atom. The van der Waals surface area contributed by atoms with E-state index in [0.29, 0.717) is 6.04 Å². The summed E-state index contributed by atoms with van der Waals surface area (Å²) in [5, 5.41) is 4.79. The Kier molecular flexibility index (Phi) is 5.31. The van der Waals surface area contributed by atoms with Crippen LogP contribution in [0.1, 0.15) is 31.7 Å². The molecule has 0 saturated carbocycles. The largest absolute Gasteiger partial charge is 0.497 e. The highest BCUT2D eigenvalue weighted by Gasteiger charge is 2.20. The van der Waals surface area contributed by atoms with Crippen LogP contribution in [0.3, 0.4) is 0 Å². The van der Waals surface area contributed by atoms with Gasteiger partial charge < -0.3 is 14.2 Å². The molecule has 1 fully saturated rings. The predicted molar refractivity (Wildman–Crippen MR) is 115 cm³/mol. The van der Waals surface area contributed by atoms with Crippen LogP contribution in [0.15, 0.2) is 36.4 Å². The van der Waals surface area contributed by atoms with Crippen molar-refractivity contribution in [3.8, 4) is 17.2 Å². The molecule has 0 N–H and O–H groups in total. The van der Waals surface area contributed by atoms with E-state index in [1.165, 1.54) is 42.1 Å². The summed E-state index contributed by atoms with van der Waals surface area (Å²) in [5.41, 5.74) is 1.35. The molecule has 4 nitrogen and oxygen atoms in total. The fraction of sp³-hybridized carbons (Fsp3) is 0.417. The van der Waals surface area contributed by atoms with Crippen LogP contribution in [-0.4, -0.2) is 38.8 Å². The fourth-order valence-corrected chi connectivity index (χ4v) is 4.41. The molecule has 3 aromatic rings. The molecule has 1 aliphatic rings. The third kappa shape index (κ3) is 3.37. The second-order valence-corrected chi connectivity index (χ2v) is 7.69. The number of methoxy groups -OCH3 is 3. The van der Waals surface area contributed by atoms with Crippen LogP contribution in [0.5, 0.6) is 17.2 Å². The van der Waals surface area contributed by atoms with Crippen molar-refractivity contribution in [1.29, 1.82) is 0 Å². The molecular weight excluding hydrogens is 350 g/mol. The maximum atomic E-state index is 5.55. The van der Waals surface area contributed by atoms with Crippen molar-refractivity contribution in [3.05, 3.63) is 42.0 Å². The lowest BCUT2D eigenvalue weighted by Crippen LogP contribution is -2.36. The van der Waals surface area contributed by atoms with Gasteiger partial charge in [0.25, 0.3) is 0 Å². The molecule has 0 aliphatic carbocycles. The van der Waals surface area contributed by atoms with E-state index in [9.17, 15) is 0 Å². The van der Waals surface area contributed by atoms with Crippen LogP contribution < -0.4 is 14.2 Å². The third-order valence-electron chi connectivity index (χ3n) is 6.06. The van der Waals surface area contributed by atoms with Gasteiger partial charge in [-0.25, -0.2) is 0 Å². The van der Waals surface area contributed by atoms with E-state index in [4.69, 9.17) is 14.2 Å². The lowest BCUT2D eigenvalue weighted by Gasteiger charge is -2.33. The van der Waals surface area contributed by atoms with Gasteiger partial charge in [0.2, 0.25) is 0 Å². The Bertz CT molecular complexity index is 998. The average molecular weight is 380 g/mol. The second kappa shape index (κ2) is 7.88. The van der Waals surface area contributed by atoms with Crippen LogP contribution in [0.2, 0.25) is 0 Å². The molecular formula is C24H29NO3. The maximum Gasteiger partial charge on any atom is 0.161 e. The Morgan fingerprint density at radius 3 is 2.36 bits per heavy atom. The van der Waals surface area contributed by atoms with Crippen LogP contribution in [0.25, 0.3) is 21.5 Å². The standard InChI is InChI=1S/C24H29NO3/c1-16-7-5-6-10-25(16)15-18-11-17-12-23(27-3)24(28-4)14-21(17)22-13-19(26-2)8-9-20(18)22/h8-9,11-14,16H,5-7,10,15H2,1-4H3. The normalized spacial score (nSPS) is 17.8. The molecule has 4 rings (SSSR count). The van der Waals surface area contributed by atoms with Crippen LogP contribution in [0, 0.1) is 0 Å². The summed E-state index contributed by atoms with van der Waals surface area (Å²) in [6, 6.07) is 13.5. The van der Waals surface area contributed by atoms with Gasteiger partial charge in [-0.15, -0.1) is 0 Å². The zero-order valence-electron chi connectivity index (χ0n) is 17.2. The van der Waals surface area contributed by atoms with E-state index in [-0.39, 0.29) is 0 Å². The fourth-order valence-electron chi connectivity index (χ4n) is 4.41. The van der Waals surface area contributed by atoms with Crippen molar-refractivity contribution in [3.63, 3.8) is 0 Å². The number of benzene rings is 3. The molecule has 0 spiro atoms. The summed E-state index contributed by atoms with van der Waals surface area (Å²) in [7, 11) is 5.08. The van der Waals surface area contributed by atoms with Crippen molar-refractivity contribution in [2.24, 2.45) is 0 Å². The predicted octanol–water partition coefficient (Wildman–Crippen LogP) is 5.39. The summed E-state index contributed by atoms with van der Waals surface area (Å²) in [4.78, 5) is 2.61. The number of fused-ring (bicyclic) bond motifs is 3. The Hall–Kier alpha value is -2.46. The number of rotatable bonds is 5. The minimum atomic E-state index is 0.628. The van der Waals surface area contributed by atoms with Gasteiger partial charge in [0.1, 0.15) is 5.75 Å². The first-order valence-electron chi connectivity index (χ1n) is 10.0. The van der Waals surface area contributed by atoms with E-state index >= 15 is 0 Å². The number of nitrogens with zero attached hydrogens (tertiary/aromatic N) is 1. The van der Waals surface area contributed by atoms with Crippen molar-refractivity contribution in [2.45, 2.75) is 38.8 Å². The lowest BCUT2D eigenvalue weighted by molar-refractivity contribution is 0.153. The molecule has 1 heterocycles. The first-order valence-corrected chi connectivity index (χ1v) is 10.0. The Morgan fingerprint density at radius 1 is 0.857 bits per heavy atom. The number of hydrogen-bond donors (Lipinski definition) is 0. The van der Waals surface area contributed by atoms with Gasteiger partial charge in [0.05, 0.1) is 21.3 Å². The third-order valence-corrected chi connectivity index (χ3v) is 6.06. The van der Waals surface area contributed by atoms with E-state index in [1.54, 1.807) is 21.3 Å². The van der Waals surface area contributed by atoms with Crippen LogP contribution in [0.4, 0.5) is 0 Å². The van der Waals surface area contributed by atoms with Gasteiger partial charge in [0, 0.05) is 12.6 Å². The topological polar surface area (TPSA) is 30.9 Å². The van der Waals surface area contributed by atoms with Crippen molar-refractivity contribution < 1.29 is 14.2 Å². The minimum absolute atomic E-state index is 0.628. The van der Waals surface area contributed by atoms with Gasteiger partial charge in [-0.2, -0.15) is 0 Å². The summed E-state index contributed by atoms with van der Waals surface area (Å²) in [6.07, 6.45) is 3.91. The number of piperidine rings is 1. The van der Waals surface area contributed by atoms with E-state index in [1.807, 2.05) is 0 Å². The first-order chi connectivity index (χ1) is 13.6. The summed E-state index contributed by atoms with van der Waals surface area (Å²) >= 11 is 0. The molecule has 1 atom stereocenters. The van der Waals surface area contributed by atoms with Crippen molar-refractivity contribution >= 4 is 21.5 Å². The van der Waals surface area contributed by atoms with Crippen molar-refractivity contribution in [2.75, 3.05) is 27.9 Å². The molecule has 3 aromatic carbocycles.